The first kappa shape index (κ1) is 24.7. The maximum absolute atomic E-state index is 13.8. The Morgan fingerprint density at radius 2 is 1.67 bits per heavy atom. The molecule has 10 heteroatoms. The summed E-state index contributed by atoms with van der Waals surface area (Å²) in [5, 5.41) is 0. The lowest BCUT2D eigenvalue weighted by atomic mass is 10.1. The molecule has 9 nitrogen and oxygen atoms in total. The molecular weight excluding hydrogens is 450 g/mol. The second-order valence-corrected chi connectivity index (χ2v) is 9.41. The van der Waals surface area contributed by atoms with Crippen molar-refractivity contribution in [2.24, 2.45) is 0 Å². The summed E-state index contributed by atoms with van der Waals surface area (Å²) in [5.41, 5.74) is 0.514. The minimum absolute atomic E-state index is 0.0161. The van der Waals surface area contributed by atoms with Crippen molar-refractivity contribution >= 4 is 22.0 Å². The van der Waals surface area contributed by atoms with E-state index in [0.717, 1.165) is 12.8 Å². The molecule has 0 radical (unpaired) electrons. The highest BCUT2D eigenvalue weighted by Crippen LogP contribution is 2.27. The lowest BCUT2D eigenvalue weighted by Crippen LogP contribution is -2.37. The molecule has 33 heavy (non-hydrogen) atoms. The number of hydrogen-bond donors (Lipinski definition) is 0. The summed E-state index contributed by atoms with van der Waals surface area (Å²) in [6.45, 7) is 0.691. The number of ether oxygens (including phenoxy) is 4. The second-order valence-electron chi connectivity index (χ2n) is 7.47. The Balaban J connectivity index is 2.08. The van der Waals surface area contributed by atoms with Gasteiger partial charge in [-0.05, 0) is 37.1 Å². The van der Waals surface area contributed by atoms with Crippen LogP contribution in [0.25, 0.3) is 0 Å². The predicted molar refractivity (Wildman–Crippen MR) is 119 cm³/mol. The van der Waals surface area contributed by atoms with Crippen molar-refractivity contribution in [3.05, 3.63) is 59.2 Å². The first-order chi connectivity index (χ1) is 15.8. The summed E-state index contributed by atoms with van der Waals surface area (Å²) >= 11 is 0. The molecule has 1 heterocycles. The van der Waals surface area contributed by atoms with Crippen LogP contribution >= 0.6 is 0 Å². The molecule has 1 saturated heterocycles. The average Bonchev–Trinajstić information content (AvgIpc) is 3.35. The molecule has 0 spiro atoms. The summed E-state index contributed by atoms with van der Waals surface area (Å²) < 4.78 is 49.4. The van der Waals surface area contributed by atoms with Crippen molar-refractivity contribution in [1.29, 1.82) is 0 Å². The quantitative estimate of drug-likeness (QED) is 0.507. The number of hydrogen-bond acceptors (Lipinski definition) is 8. The fraction of sp³-hybridized carbons (Fsp3) is 0.391. The van der Waals surface area contributed by atoms with Gasteiger partial charge < -0.3 is 18.9 Å². The molecule has 0 aromatic heterocycles. The third kappa shape index (κ3) is 5.70. The van der Waals surface area contributed by atoms with Crippen molar-refractivity contribution in [1.82, 2.24) is 4.31 Å². The van der Waals surface area contributed by atoms with Crippen LogP contribution in [0.1, 0.15) is 39.1 Å². The first-order valence-electron chi connectivity index (χ1n) is 10.4. The molecule has 0 aliphatic carbocycles. The van der Waals surface area contributed by atoms with E-state index in [9.17, 15) is 18.0 Å². The number of carbonyl (C=O) groups is 2. The van der Waals surface area contributed by atoms with Gasteiger partial charge in [-0.25, -0.2) is 18.0 Å². The first-order valence-corrected chi connectivity index (χ1v) is 11.8. The zero-order valence-corrected chi connectivity index (χ0v) is 19.6. The van der Waals surface area contributed by atoms with Gasteiger partial charge in [0.05, 0.1) is 43.5 Å². The van der Waals surface area contributed by atoms with Crippen LogP contribution < -0.4 is 4.74 Å². The zero-order valence-electron chi connectivity index (χ0n) is 18.8. The summed E-state index contributed by atoms with van der Waals surface area (Å²) in [4.78, 5) is 24.1. The Morgan fingerprint density at radius 3 is 2.21 bits per heavy atom. The number of carbonyl (C=O) groups excluding carboxylic acids is 2. The number of methoxy groups -OCH3 is 3. The van der Waals surface area contributed by atoms with Gasteiger partial charge in [0, 0.05) is 25.3 Å². The van der Waals surface area contributed by atoms with E-state index >= 15 is 0 Å². The van der Waals surface area contributed by atoms with Crippen LogP contribution in [0.4, 0.5) is 0 Å². The largest absolute Gasteiger partial charge is 0.496 e. The molecule has 2 aromatic rings. The van der Waals surface area contributed by atoms with E-state index in [0.29, 0.717) is 17.9 Å². The molecule has 1 atom stereocenters. The highest BCUT2D eigenvalue weighted by molar-refractivity contribution is 7.89. The molecule has 0 unspecified atom stereocenters. The van der Waals surface area contributed by atoms with E-state index in [1.807, 2.05) is 0 Å². The highest BCUT2D eigenvalue weighted by Gasteiger charge is 2.31. The smallest absolute Gasteiger partial charge is 0.337 e. The Labute approximate surface area is 193 Å². The van der Waals surface area contributed by atoms with E-state index in [1.165, 1.54) is 43.8 Å². The van der Waals surface area contributed by atoms with Gasteiger partial charge >= 0.3 is 11.9 Å². The molecule has 0 amide bonds. The van der Waals surface area contributed by atoms with Crippen molar-refractivity contribution in [2.45, 2.75) is 30.4 Å². The fourth-order valence-electron chi connectivity index (χ4n) is 3.66. The molecule has 0 bridgehead atoms. The Morgan fingerprint density at radius 1 is 1.03 bits per heavy atom. The highest BCUT2D eigenvalue weighted by atomic mass is 32.2. The normalized spacial score (nSPS) is 15.9. The van der Waals surface area contributed by atoms with Crippen molar-refractivity contribution < 1.29 is 37.0 Å². The number of nitrogens with zero attached hydrogens (tertiary/aromatic N) is 1. The predicted octanol–water partition coefficient (Wildman–Crippen LogP) is 2.64. The van der Waals surface area contributed by atoms with E-state index in [4.69, 9.17) is 18.9 Å². The monoisotopic (exact) mass is 477 g/mol. The van der Waals surface area contributed by atoms with Crippen LogP contribution in [0.3, 0.4) is 0 Å². The topological polar surface area (TPSA) is 108 Å². The Hall–Kier alpha value is -2.95. The number of benzene rings is 2. The molecule has 1 aliphatic heterocycles. The number of sulfonamides is 1. The molecule has 2 aromatic carbocycles. The van der Waals surface area contributed by atoms with Gasteiger partial charge in [0.1, 0.15) is 5.75 Å². The van der Waals surface area contributed by atoms with Crippen LogP contribution in [0, 0.1) is 0 Å². The van der Waals surface area contributed by atoms with Gasteiger partial charge in [0.25, 0.3) is 0 Å². The Bertz CT molecular complexity index is 1070. The molecule has 0 saturated carbocycles. The molecule has 1 fully saturated rings. The lowest BCUT2D eigenvalue weighted by Gasteiger charge is -2.26. The third-order valence-electron chi connectivity index (χ3n) is 5.36. The van der Waals surface area contributed by atoms with E-state index in [1.54, 1.807) is 24.3 Å². The summed E-state index contributed by atoms with van der Waals surface area (Å²) in [6.07, 6.45) is 1.31. The van der Waals surface area contributed by atoms with Gasteiger partial charge in [-0.1, -0.05) is 18.2 Å². The van der Waals surface area contributed by atoms with Gasteiger partial charge in [-0.3, -0.25) is 0 Å². The van der Waals surface area contributed by atoms with Crippen molar-refractivity contribution in [2.75, 3.05) is 34.5 Å². The van der Waals surface area contributed by atoms with Crippen molar-refractivity contribution in [3.63, 3.8) is 0 Å². The lowest BCUT2D eigenvalue weighted by molar-refractivity contribution is 0.0598. The maximum Gasteiger partial charge on any atom is 0.337 e. The minimum Gasteiger partial charge on any atom is -0.496 e. The number of esters is 2. The molecular formula is C23H27NO8S. The van der Waals surface area contributed by atoms with E-state index in [2.05, 4.69) is 0 Å². The second kappa shape index (κ2) is 10.8. The van der Waals surface area contributed by atoms with E-state index in [-0.39, 0.29) is 35.2 Å². The molecule has 3 rings (SSSR count). The number of para-hydroxylation sites is 1. The number of rotatable bonds is 9. The molecule has 178 valence electrons. The van der Waals surface area contributed by atoms with Gasteiger partial charge in [-0.2, -0.15) is 4.31 Å². The van der Waals surface area contributed by atoms with E-state index < -0.39 is 22.0 Å². The van der Waals surface area contributed by atoms with Crippen LogP contribution in [-0.4, -0.2) is 65.2 Å². The molecule has 1 aliphatic rings. The van der Waals surface area contributed by atoms with Gasteiger partial charge in [-0.15, -0.1) is 0 Å². The third-order valence-corrected chi connectivity index (χ3v) is 7.15. The minimum atomic E-state index is -4.16. The standard InChI is InChI=1S/C23H27NO8S/c1-29-21-9-5-4-7-16(21)14-24(15-19-8-6-10-32-19)33(27,28)20-12-17(22(25)30-2)11-18(13-20)23(26)31-3/h4-5,7,9,11-13,19H,6,8,10,14-15H2,1-3H3/t19-/m1/s1. The van der Waals surface area contributed by atoms with Crippen LogP contribution in [0.15, 0.2) is 47.4 Å². The zero-order chi connectivity index (χ0) is 24.0. The Kier molecular flexibility index (Phi) is 8.06. The summed E-state index contributed by atoms with van der Waals surface area (Å²) in [6, 6.07) is 10.7. The summed E-state index contributed by atoms with van der Waals surface area (Å²) in [7, 11) is -0.297. The average molecular weight is 478 g/mol. The SMILES string of the molecule is COC(=O)c1cc(C(=O)OC)cc(S(=O)(=O)N(Cc2ccccc2OC)C[C@H]2CCCO2)c1. The maximum atomic E-state index is 13.8. The van der Waals surface area contributed by atoms with Gasteiger partial charge in [0.2, 0.25) is 10.0 Å². The fourth-order valence-corrected chi connectivity index (χ4v) is 5.18. The van der Waals surface area contributed by atoms with Gasteiger partial charge in [0.15, 0.2) is 0 Å². The summed E-state index contributed by atoms with van der Waals surface area (Å²) in [5.74, 6) is -0.996. The molecule has 0 N–H and O–H groups in total. The van der Waals surface area contributed by atoms with Crippen LogP contribution in [-0.2, 0) is 30.8 Å². The van der Waals surface area contributed by atoms with Crippen LogP contribution in [0.5, 0.6) is 5.75 Å². The van der Waals surface area contributed by atoms with Crippen LogP contribution in [0.2, 0.25) is 0 Å². The van der Waals surface area contributed by atoms with Crippen molar-refractivity contribution in [3.8, 4) is 5.75 Å².